The van der Waals surface area contributed by atoms with E-state index >= 15 is 0 Å². The van der Waals surface area contributed by atoms with Crippen molar-refractivity contribution in [3.63, 3.8) is 0 Å². The van der Waals surface area contributed by atoms with E-state index in [2.05, 4.69) is 11.1 Å². The number of hydrogen-bond acceptors (Lipinski definition) is 6. The first-order valence-electron chi connectivity index (χ1n) is 10.9. The van der Waals surface area contributed by atoms with Gasteiger partial charge in [0.05, 0.1) is 17.7 Å². The van der Waals surface area contributed by atoms with Gasteiger partial charge in [0.25, 0.3) is 5.56 Å². The van der Waals surface area contributed by atoms with Crippen molar-refractivity contribution in [3.8, 4) is 22.4 Å². The Bertz CT molecular complexity index is 1290. The zero-order chi connectivity index (χ0) is 24.3. The van der Waals surface area contributed by atoms with Crippen LogP contribution in [0.15, 0.2) is 23.0 Å². The Morgan fingerprint density at radius 3 is 2.67 bits per heavy atom. The number of rotatable bonds is 8. The van der Waals surface area contributed by atoms with Crippen molar-refractivity contribution < 1.29 is 14.6 Å². The monoisotopic (exact) mass is 468 g/mol. The number of amides is 1. The van der Waals surface area contributed by atoms with Crippen molar-refractivity contribution in [2.75, 3.05) is 18.6 Å². The lowest BCUT2D eigenvalue weighted by Crippen LogP contribution is -2.34. The number of pyridine rings is 1. The molecule has 0 saturated carbocycles. The fraction of sp³-hybridized carbons (Fsp3) is 0.417. The molecule has 0 atom stereocenters. The summed E-state index contributed by atoms with van der Waals surface area (Å²) in [5.74, 6) is 0.695. The summed E-state index contributed by atoms with van der Waals surface area (Å²) in [6.45, 7) is 8.51. The number of hydrogen-bond donors (Lipinski definition) is 1. The first-order valence-corrected chi connectivity index (χ1v) is 11.7. The first-order chi connectivity index (χ1) is 15.7. The summed E-state index contributed by atoms with van der Waals surface area (Å²) in [6, 6.07) is 7.48. The lowest BCUT2D eigenvalue weighted by molar-refractivity contribution is 0.202. The Morgan fingerprint density at radius 1 is 1.36 bits per heavy atom. The summed E-state index contributed by atoms with van der Waals surface area (Å²) >= 11 is 1.28. The molecule has 1 N–H and O–H groups in total. The van der Waals surface area contributed by atoms with E-state index < -0.39 is 6.09 Å². The number of carbonyl (C=O) groups is 1. The molecule has 3 aromatic rings. The highest BCUT2D eigenvalue weighted by Gasteiger charge is 2.25. The number of benzene rings is 1. The second-order valence-electron chi connectivity index (χ2n) is 8.31. The molecule has 174 valence electrons. The van der Waals surface area contributed by atoms with Crippen LogP contribution >= 0.6 is 11.3 Å². The van der Waals surface area contributed by atoms with Crippen LogP contribution in [-0.4, -0.2) is 34.4 Å². The Balaban J connectivity index is 2.36. The molecule has 8 nitrogen and oxygen atoms in total. The van der Waals surface area contributed by atoms with Gasteiger partial charge in [0, 0.05) is 24.5 Å². The number of fused-ring (bicyclic) bond motifs is 1. The maximum Gasteiger partial charge on any atom is 0.412 e. The van der Waals surface area contributed by atoms with Gasteiger partial charge in [-0.2, -0.15) is 5.26 Å². The van der Waals surface area contributed by atoms with Crippen LogP contribution in [0, 0.1) is 24.2 Å². The Hall–Kier alpha value is -3.38. The molecule has 0 unspecified atom stereocenters. The largest absolute Gasteiger partial charge is 0.489 e. The third-order valence-electron chi connectivity index (χ3n) is 5.24. The van der Waals surface area contributed by atoms with Gasteiger partial charge in [0.15, 0.2) is 11.6 Å². The molecule has 0 aliphatic carbocycles. The van der Waals surface area contributed by atoms with Crippen LogP contribution in [0.4, 0.5) is 10.6 Å². The minimum Gasteiger partial charge on any atom is -0.489 e. The minimum absolute atomic E-state index is 0.117. The fourth-order valence-corrected chi connectivity index (χ4v) is 4.44. The van der Waals surface area contributed by atoms with E-state index in [0.29, 0.717) is 45.3 Å². The van der Waals surface area contributed by atoms with Gasteiger partial charge in [-0.05, 0) is 31.4 Å². The molecular weight excluding hydrogens is 440 g/mol. The van der Waals surface area contributed by atoms with Crippen molar-refractivity contribution in [2.24, 2.45) is 5.92 Å². The summed E-state index contributed by atoms with van der Waals surface area (Å²) in [4.78, 5) is 31.5. The molecule has 3 rings (SSSR count). The number of ether oxygens (including phenoxy) is 1. The summed E-state index contributed by atoms with van der Waals surface area (Å²) < 4.78 is 7.64. The number of aryl methyl sites for hydroxylation is 1. The highest BCUT2D eigenvalue weighted by molar-refractivity contribution is 7.15. The second kappa shape index (κ2) is 10.0. The molecule has 0 spiro atoms. The molecule has 0 aliphatic heterocycles. The lowest BCUT2D eigenvalue weighted by Gasteiger charge is -2.25. The van der Waals surface area contributed by atoms with Crippen LogP contribution in [-0.2, 0) is 6.54 Å². The zero-order valence-corrected chi connectivity index (χ0v) is 20.3. The number of unbranched alkanes of at least 4 members (excludes halogenated alkanes) is 1. The van der Waals surface area contributed by atoms with Crippen molar-refractivity contribution in [1.82, 2.24) is 9.55 Å². The predicted octanol–water partition coefficient (Wildman–Crippen LogP) is 5.25. The van der Waals surface area contributed by atoms with Crippen molar-refractivity contribution >= 4 is 34.0 Å². The van der Waals surface area contributed by atoms with E-state index in [1.54, 1.807) is 25.1 Å². The average molecular weight is 469 g/mol. The lowest BCUT2D eigenvalue weighted by atomic mass is 10.1. The summed E-state index contributed by atoms with van der Waals surface area (Å²) in [5, 5.41) is 20.7. The average Bonchev–Trinajstić information content (AvgIpc) is 3.16. The molecule has 0 radical (unpaired) electrons. The van der Waals surface area contributed by atoms with Crippen LogP contribution in [0.25, 0.3) is 21.3 Å². The standard InChI is InChI=1S/C24H28N4O4S/c1-6-7-10-32-20-18-11-16(21-26-15(4)19(12-25)33-21)8-9-17(18)23(29)28(13-14(2)3)22(20)27(5)24(30)31/h8-9,11,14H,6-7,10,13H2,1-5H3,(H,30,31). The number of thiazole rings is 1. The molecule has 0 bridgehead atoms. The van der Waals surface area contributed by atoms with Crippen molar-refractivity contribution in [3.05, 3.63) is 39.1 Å². The minimum atomic E-state index is -1.18. The van der Waals surface area contributed by atoms with Gasteiger partial charge in [-0.3, -0.25) is 14.3 Å². The number of nitrogens with zero attached hydrogens (tertiary/aromatic N) is 4. The van der Waals surface area contributed by atoms with Crippen LogP contribution in [0.2, 0.25) is 0 Å². The van der Waals surface area contributed by atoms with Crippen LogP contribution < -0.4 is 15.2 Å². The van der Waals surface area contributed by atoms with E-state index in [0.717, 1.165) is 23.3 Å². The number of aromatic nitrogens is 2. The molecule has 1 amide bonds. The third-order valence-corrected chi connectivity index (χ3v) is 6.35. The van der Waals surface area contributed by atoms with E-state index in [9.17, 15) is 20.0 Å². The van der Waals surface area contributed by atoms with E-state index in [4.69, 9.17) is 4.74 Å². The SMILES string of the molecule is CCCCOc1c(N(C)C(=O)O)n(CC(C)C)c(=O)c2ccc(-c3nc(C)c(C#N)s3)cc12. The summed E-state index contributed by atoms with van der Waals surface area (Å²) in [7, 11) is 1.42. The zero-order valence-electron chi connectivity index (χ0n) is 19.5. The van der Waals surface area contributed by atoms with Gasteiger partial charge in [0.1, 0.15) is 16.0 Å². The smallest absolute Gasteiger partial charge is 0.412 e. The molecule has 1 aromatic carbocycles. The van der Waals surface area contributed by atoms with Gasteiger partial charge >= 0.3 is 6.09 Å². The fourth-order valence-electron chi connectivity index (χ4n) is 3.58. The first kappa shape index (κ1) is 24.3. The molecule has 0 aliphatic rings. The second-order valence-corrected chi connectivity index (χ2v) is 9.31. The van der Waals surface area contributed by atoms with Gasteiger partial charge in [-0.15, -0.1) is 11.3 Å². The normalized spacial score (nSPS) is 11.1. The third kappa shape index (κ3) is 4.86. The van der Waals surface area contributed by atoms with Gasteiger partial charge in [0.2, 0.25) is 0 Å². The summed E-state index contributed by atoms with van der Waals surface area (Å²) in [6.07, 6.45) is 0.517. The molecule has 0 fully saturated rings. The van der Waals surface area contributed by atoms with Crippen LogP contribution in [0.5, 0.6) is 5.75 Å². The molecule has 2 aromatic heterocycles. The molecule has 0 saturated heterocycles. The maximum atomic E-state index is 13.5. The molecular formula is C24H28N4O4S. The highest BCUT2D eigenvalue weighted by Crippen LogP contribution is 2.38. The Labute approximate surface area is 196 Å². The molecule has 33 heavy (non-hydrogen) atoms. The highest BCUT2D eigenvalue weighted by atomic mass is 32.1. The van der Waals surface area contributed by atoms with E-state index in [-0.39, 0.29) is 17.3 Å². The Kier molecular flexibility index (Phi) is 7.39. The van der Waals surface area contributed by atoms with Gasteiger partial charge in [-0.1, -0.05) is 33.3 Å². The van der Waals surface area contributed by atoms with Crippen molar-refractivity contribution in [2.45, 2.75) is 47.1 Å². The Morgan fingerprint density at radius 2 is 2.09 bits per heavy atom. The quantitative estimate of drug-likeness (QED) is 0.452. The summed E-state index contributed by atoms with van der Waals surface area (Å²) in [5.41, 5.74) is 1.11. The van der Waals surface area contributed by atoms with Crippen LogP contribution in [0.1, 0.15) is 44.2 Å². The molecule has 9 heteroatoms. The van der Waals surface area contributed by atoms with Gasteiger partial charge in [-0.25, -0.2) is 9.78 Å². The van der Waals surface area contributed by atoms with Gasteiger partial charge < -0.3 is 9.84 Å². The van der Waals surface area contributed by atoms with E-state index in [1.165, 1.54) is 23.0 Å². The number of carboxylic acid groups (broad SMARTS) is 1. The maximum absolute atomic E-state index is 13.5. The number of nitriles is 1. The van der Waals surface area contributed by atoms with Crippen LogP contribution in [0.3, 0.4) is 0 Å². The number of anilines is 1. The topological polar surface area (TPSA) is 108 Å². The van der Waals surface area contributed by atoms with E-state index in [1.807, 2.05) is 20.8 Å². The van der Waals surface area contributed by atoms with Crippen molar-refractivity contribution in [1.29, 1.82) is 5.26 Å². The predicted molar refractivity (Wildman–Crippen MR) is 130 cm³/mol. The molecule has 2 heterocycles.